The number of carbonyl (C=O) groups excluding carboxylic acids is 2. The molecule has 0 fully saturated rings. The monoisotopic (exact) mass is 505 g/mol. The molecule has 1 aromatic carbocycles. The van der Waals surface area contributed by atoms with E-state index in [1.807, 2.05) is 6.92 Å². The Morgan fingerprint density at radius 3 is 2.47 bits per heavy atom. The number of nitrogens with one attached hydrogen (secondary N) is 1. The second kappa shape index (κ2) is 9.17. The molecule has 0 spiro atoms. The molecule has 3 aromatic rings. The number of hydrogen-bond donors (Lipinski definition) is 1. The van der Waals surface area contributed by atoms with Crippen LogP contribution in [-0.2, 0) is 25.9 Å². The van der Waals surface area contributed by atoms with Crippen LogP contribution >= 0.6 is 0 Å². The smallest absolute Gasteiger partial charge is 0.410 e. The van der Waals surface area contributed by atoms with Crippen LogP contribution in [0.2, 0.25) is 0 Å². The first-order valence-electron chi connectivity index (χ1n) is 11.2. The van der Waals surface area contributed by atoms with Gasteiger partial charge in [0.2, 0.25) is 0 Å². The van der Waals surface area contributed by atoms with E-state index in [1.54, 1.807) is 9.58 Å². The molecule has 4 heterocycles. The first-order valence-corrected chi connectivity index (χ1v) is 11.2. The third kappa shape index (κ3) is 4.83. The van der Waals surface area contributed by atoms with E-state index in [9.17, 15) is 22.8 Å². The van der Waals surface area contributed by atoms with Gasteiger partial charge < -0.3 is 19.3 Å². The predicted molar refractivity (Wildman–Crippen MR) is 116 cm³/mol. The van der Waals surface area contributed by atoms with Gasteiger partial charge in [-0.25, -0.2) is 4.79 Å². The average molecular weight is 505 g/mol. The zero-order chi connectivity index (χ0) is 25.4. The first-order chi connectivity index (χ1) is 17.2. The second-order valence-electron chi connectivity index (χ2n) is 8.48. The molecule has 0 atom stereocenters. The average Bonchev–Trinajstić information content (AvgIpc) is 3.36. The lowest BCUT2D eigenvalue weighted by atomic mass is 10.1. The summed E-state index contributed by atoms with van der Waals surface area (Å²) in [6, 6.07) is 4.60. The van der Waals surface area contributed by atoms with Crippen LogP contribution in [-0.4, -0.2) is 73.0 Å². The van der Waals surface area contributed by atoms with Crippen LogP contribution in [0.3, 0.4) is 0 Å². The highest BCUT2D eigenvalue weighted by Gasteiger charge is 2.32. The molecule has 2 aliphatic heterocycles. The summed E-state index contributed by atoms with van der Waals surface area (Å²) < 4.78 is 47.8. The van der Waals surface area contributed by atoms with Crippen molar-refractivity contribution in [1.82, 2.24) is 35.0 Å². The van der Waals surface area contributed by atoms with Gasteiger partial charge >= 0.3 is 12.5 Å². The summed E-state index contributed by atoms with van der Waals surface area (Å²) in [6.45, 7) is 3.75. The van der Waals surface area contributed by atoms with E-state index in [0.717, 1.165) is 34.8 Å². The Morgan fingerprint density at radius 2 is 1.72 bits per heavy atom. The highest BCUT2D eigenvalue weighted by atomic mass is 19.4. The van der Waals surface area contributed by atoms with Crippen molar-refractivity contribution < 1.29 is 32.2 Å². The third-order valence-corrected chi connectivity index (χ3v) is 6.21. The van der Waals surface area contributed by atoms with Crippen molar-refractivity contribution in [1.29, 1.82) is 0 Å². The van der Waals surface area contributed by atoms with E-state index >= 15 is 0 Å². The van der Waals surface area contributed by atoms with E-state index in [-0.39, 0.29) is 11.7 Å². The number of halogens is 3. The van der Waals surface area contributed by atoms with Crippen LogP contribution in [0.5, 0.6) is 11.5 Å². The molecule has 2 amide bonds. The number of fused-ring (bicyclic) bond motifs is 2. The number of carbonyl (C=O) groups is 2. The summed E-state index contributed by atoms with van der Waals surface area (Å²) in [4.78, 5) is 29.0. The molecule has 0 aliphatic carbocycles. The summed E-state index contributed by atoms with van der Waals surface area (Å²) in [5, 5.41) is 15.2. The minimum atomic E-state index is -4.80. The molecule has 11 nitrogen and oxygen atoms in total. The van der Waals surface area contributed by atoms with Crippen molar-refractivity contribution in [3.05, 3.63) is 52.6 Å². The quantitative estimate of drug-likeness (QED) is 0.581. The molecule has 5 rings (SSSR count). The molecular weight excluding hydrogens is 483 g/mol. The molecule has 2 aliphatic rings. The molecule has 36 heavy (non-hydrogen) atoms. The topological polar surface area (TPSA) is 118 Å². The molecular formula is C22H22F3N7O4. The Labute approximate surface area is 202 Å². The van der Waals surface area contributed by atoms with E-state index in [2.05, 4.69) is 25.2 Å². The van der Waals surface area contributed by atoms with Crippen molar-refractivity contribution >= 4 is 12.0 Å². The minimum absolute atomic E-state index is 0.0948. The standard InChI is InChI=1S/C22H22F3N7O4/c1-13-18-7-9-30(21(34)35-14-2-4-15(5-3-14)36-22(23,24)25)10-11-32(18)28-19(13)20(33)31-8-6-16-17(12-31)27-29-26-16/h2-5H,6-12H2,1H3,(H,26,27,29). The normalized spacial score (nSPS) is 15.7. The number of benzene rings is 1. The van der Waals surface area contributed by atoms with Gasteiger partial charge in [-0.1, -0.05) is 5.21 Å². The van der Waals surface area contributed by atoms with Crippen molar-refractivity contribution in [2.24, 2.45) is 0 Å². The van der Waals surface area contributed by atoms with Crippen LogP contribution in [0.1, 0.15) is 33.1 Å². The van der Waals surface area contributed by atoms with Gasteiger partial charge in [-0.2, -0.15) is 5.10 Å². The van der Waals surface area contributed by atoms with Gasteiger partial charge in [0, 0.05) is 43.7 Å². The van der Waals surface area contributed by atoms with Crippen molar-refractivity contribution in [3.8, 4) is 11.5 Å². The third-order valence-electron chi connectivity index (χ3n) is 6.21. The Bertz CT molecular complexity index is 1290. The number of ether oxygens (including phenoxy) is 2. The molecule has 0 saturated carbocycles. The van der Waals surface area contributed by atoms with Crippen LogP contribution in [0.25, 0.3) is 0 Å². The highest BCUT2D eigenvalue weighted by Crippen LogP contribution is 2.26. The molecule has 0 bridgehead atoms. The molecule has 0 saturated heterocycles. The Balaban J connectivity index is 1.21. The summed E-state index contributed by atoms with van der Waals surface area (Å²) in [7, 11) is 0. The number of aromatic amines is 1. The number of amides is 2. The molecule has 14 heteroatoms. The highest BCUT2D eigenvalue weighted by molar-refractivity contribution is 5.94. The van der Waals surface area contributed by atoms with Crippen LogP contribution in [0, 0.1) is 6.92 Å². The Morgan fingerprint density at radius 1 is 1.00 bits per heavy atom. The number of hydrogen-bond acceptors (Lipinski definition) is 7. The summed E-state index contributed by atoms with van der Waals surface area (Å²) in [5.41, 5.74) is 3.70. The SMILES string of the molecule is Cc1c(C(=O)N2CCc3[nH]nnc3C2)nn2c1CCN(C(=O)Oc1ccc(OC(F)(F)F)cc1)CC2. The number of nitrogens with zero attached hydrogens (tertiary/aromatic N) is 6. The van der Waals surface area contributed by atoms with Gasteiger partial charge in [-0.3, -0.25) is 14.6 Å². The van der Waals surface area contributed by atoms with Crippen LogP contribution < -0.4 is 9.47 Å². The fourth-order valence-corrected chi connectivity index (χ4v) is 4.34. The number of rotatable bonds is 3. The van der Waals surface area contributed by atoms with Gasteiger partial charge in [-0.15, -0.1) is 18.3 Å². The van der Waals surface area contributed by atoms with Gasteiger partial charge in [0.05, 0.1) is 18.8 Å². The lowest BCUT2D eigenvalue weighted by Gasteiger charge is -2.25. The predicted octanol–water partition coefficient (Wildman–Crippen LogP) is 2.46. The maximum Gasteiger partial charge on any atom is 0.573 e. The molecule has 1 N–H and O–H groups in total. The van der Waals surface area contributed by atoms with Crippen molar-refractivity contribution in [2.45, 2.75) is 39.2 Å². The zero-order valence-corrected chi connectivity index (χ0v) is 19.2. The van der Waals surface area contributed by atoms with Crippen molar-refractivity contribution in [2.75, 3.05) is 19.6 Å². The van der Waals surface area contributed by atoms with E-state index in [0.29, 0.717) is 51.3 Å². The van der Waals surface area contributed by atoms with Gasteiger partial charge in [0.1, 0.15) is 17.2 Å². The zero-order valence-electron chi connectivity index (χ0n) is 19.2. The molecule has 190 valence electrons. The molecule has 0 unspecified atom stereocenters. The summed E-state index contributed by atoms with van der Waals surface area (Å²) in [5.74, 6) is -0.484. The maximum absolute atomic E-state index is 13.2. The van der Waals surface area contributed by atoms with E-state index in [4.69, 9.17) is 4.74 Å². The summed E-state index contributed by atoms with van der Waals surface area (Å²) >= 11 is 0. The summed E-state index contributed by atoms with van der Waals surface area (Å²) in [6.07, 6.45) is -4.31. The van der Waals surface area contributed by atoms with Crippen LogP contribution in [0.4, 0.5) is 18.0 Å². The molecule has 2 aromatic heterocycles. The number of H-pyrrole nitrogens is 1. The van der Waals surface area contributed by atoms with Gasteiger partial charge in [0.15, 0.2) is 5.69 Å². The lowest BCUT2D eigenvalue weighted by Crippen LogP contribution is -2.37. The Hall–Kier alpha value is -4.10. The maximum atomic E-state index is 13.2. The fraction of sp³-hybridized carbons (Fsp3) is 0.409. The lowest BCUT2D eigenvalue weighted by molar-refractivity contribution is -0.274. The van der Waals surface area contributed by atoms with Crippen LogP contribution in [0.15, 0.2) is 24.3 Å². The minimum Gasteiger partial charge on any atom is -0.410 e. The van der Waals surface area contributed by atoms with Crippen molar-refractivity contribution in [3.63, 3.8) is 0 Å². The largest absolute Gasteiger partial charge is 0.573 e. The number of aromatic nitrogens is 5. The first kappa shape index (κ1) is 23.6. The van der Waals surface area contributed by atoms with Gasteiger partial charge in [-0.05, 0) is 31.2 Å². The fourth-order valence-electron chi connectivity index (χ4n) is 4.34. The van der Waals surface area contributed by atoms with Gasteiger partial charge in [0.25, 0.3) is 5.91 Å². The Kier molecular flexibility index (Phi) is 6.02. The number of alkyl halides is 3. The second-order valence-corrected chi connectivity index (χ2v) is 8.48. The van der Waals surface area contributed by atoms with E-state index < -0.39 is 18.2 Å². The molecule has 0 radical (unpaired) electrons. The van der Waals surface area contributed by atoms with E-state index in [1.165, 1.54) is 17.0 Å².